The zero-order valence-electron chi connectivity index (χ0n) is 16.8. The molecule has 0 aromatic heterocycles. The summed E-state index contributed by atoms with van der Waals surface area (Å²) in [5, 5.41) is 3.27. The second-order valence-electron chi connectivity index (χ2n) is 7.15. The Labute approximate surface area is 179 Å². The number of benzene rings is 2. The van der Waals surface area contributed by atoms with Crippen LogP contribution in [0.4, 0.5) is 5.69 Å². The monoisotopic (exact) mass is 430 g/mol. The minimum absolute atomic E-state index is 0.0204. The summed E-state index contributed by atoms with van der Waals surface area (Å²) < 4.78 is 10.6. The van der Waals surface area contributed by atoms with E-state index in [1.54, 1.807) is 32.0 Å². The molecule has 7 nitrogen and oxygen atoms in total. The SMILES string of the molecule is CC(C)OC(=O)CC(NC(=O)CN1C(=O)COc2ccc(Cl)cc21)c1ccccc1. The number of halogens is 1. The maximum Gasteiger partial charge on any atom is 0.308 e. The number of esters is 1. The highest BCUT2D eigenvalue weighted by atomic mass is 35.5. The van der Waals surface area contributed by atoms with E-state index in [1.807, 2.05) is 30.3 Å². The van der Waals surface area contributed by atoms with E-state index in [-0.39, 0.29) is 31.6 Å². The molecule has 1 aliphatic heterocycles. The van der Waals surface area contributed by atoms with E-state index < -0.39 is 17.9 Å². The fourth-order valence-corrected chi connectivity index (χ4v) is 3.31. The molecule has 3 rings (SSSR count). The molecular formula is C22H23ClN2O5. The van der Waals surface area contributed by atoms with Crippen molar-refractivity contribution in [3.8, 4) is 5.75 Å². The maximum atomic E-state index is 12.8. The zero-order valence-corrected chi connectivity index (χ0v) is 17.5. The van der Waals surface area contributed by atoms with E-state index >= 15 is 0 Å². The Morgan fingerprint density at radius 1 is 1.20 bits per heavy atom. The predicted molar refractivity (Wildman–Crippen MR) is 112 cm³/mol. The number of carbonyl (C=O) groups excluding carboxylic acids is 3. The topological polar surface area (TPSA) is 84.9 Å². The minimum Gasteiger partial charge on any atom is -0.482 e. The van der Waals surface area contributed by atoms with Crippen LogP contribution in [0.25, 0.3) is 0 Å². The first-order chi connectivity index (χ1) is 14.3. The standard InChI is InChI=1S/C22H23ClN2O5/c1-14(2)30-22(28)11-17(15-6-4-3-5-7-15)24-20(26)12-25-18-10-16(23)8-9-19(18)29-13-21(25)27/h3-10,14,17H,11-13H2,1-2H3,(H,24,26). The lowest BCUT2D eigenvalue weighted by atomic mass is 10.0. The average molecular weight is 431 g/mol. The molecule has 30 heavy (non-hydrogen) atoms. The summed E-state index contributed by atoms with van der Waals surface area (Å²) in [5.74, 6) is -0.705. The van der Waals surface area contributed by atoms with Crippen LogP contribution in [0.15, 0.2) is 48.5 Å². The molecule has 158 valence electrons. The molecule has 0 saturated carbocycles. The third-order valence-corrected chi connectivity index (χ3v) is 4.68. The Morgan fingerprint density at radius 2 is 1.93 bits per heavy atom. The van der Waals surface area contributed by atoms with Gasteiger partial charge in [-0.25, -0.2) is 0 Å². The van der Waals surface area contributed by atoms with E-state index in [4.69, 9.17) is 21.1 Å². The zero-order chi connectivity index (χ0) is 21.7. The number of fused-ring (bicyclic) bond motifs is 1. The quantitative estimate of drug-likeness (QED) is 0.681. The van der Waals surface area contributed by atoms with Gasteiger partial charge in [0.25, 0.3) is 5.91 Å². The third-order valence-electron chi connectivity index (χ3n) is 4.44. The Morgan fingerprint density at radius 3 is 2.63 bits per heavy atom. The van der Waals surface area contributed by atoms with Crippen LogP contribution in [0.1, 0.15) is 31.9 Å². The number of nitrogens with one attached hydrogen (secondary N) is 1. The van der Waals surface area contributed by atoms with Gasteiger partial charge in [-0.05, 0) is 37.6 Å². The lowest BCUT2D eigenvalue weighted by Crippen LogP contribution is -2.46. The van der Waals surface area contributed by atoms with E-state index in [1.165, 1.54) is 4.90 Å². The Bertz CT molecular complexity index is 932. The van der Waals surface area contributed by atoms with Gasteiger partial charge < -0.3 is 14.8 Å². The maximum absolute atomic E-state index is 12.8. The molecular weight excluding hydrogens is 408 g/mol. The van der Waals surface area contributed by atoms with E-state index in [9.17, 15) is 14.4 Å². The molecule has 2 aromatic carbocycles. The number of hydrogen-bond donors (Lipinski definition) is 1. The van der Waals surface area contributed by atoms with Crippen molar-refractivity contribution >= 4 is 35.1 Å². The Hall–Kier alpha value is -3.06. The van der Waals surface area contributed by atoms with Gasteiger partial charge in [-0.15, -0.1) is 0 Å². The van der Waals surface area contributed by atoms with Crippen molar-refractivity contribution in [1.82, 2.24) is 5.32 Å². The molecule has 1 atom stereocenters. The van der Waals surface area contributed by atoms with Gasteiger partial charge >= 0.3 is 5.97 Å². The third kappa shape index (κ3) is 5.51. The van der Waals surface area contributed by atoms with Gasteiger partial charge in [-0.1, -0.05) is 41.9 Å². The van der Waals surface area contributed by atoms with Crippen molar-refractivity contribution in [1.29, 1.82) is 0 Å². The van der Waals surface area contributed by atoms with Gasteiger partial charge in [-0.3, -0.25) is 19.3 Å². The molecule has 0 aliphatic carbocycles. The van der Waals surface area contributed by atoms with Crippen molar-refractivity contribution in [3.63, 3.8) is 0 Å². The van der Waals surface area contributed by atoms with Gasteiger partial charge in [0, 0.05) is 5.02 Å². The first-order valence-corrected chi connectivity index (χ1v) is 9.98. The lowest BCUT2D eigenvalue weighted by molar-refractivity contribution is -0.148. The van der Waals surface area contributed by atoms with Crippen LogP contribution in [0.5, 0.6) is 5.75 Å². The molecule has 0 bridgehead atoms. The number of carbonyl (C=O) groups is 3. The number of hydrogen-bond acceptors (Lipinski definition) is 5. The van der Waals surface area contributed by atoms with Crippen LogP contribution in [0.2, 0.25) is 5.02 Å². The van der Waals surface area contributed by atoms with Crippen LogP contribution in [-0.2, 0) is 19.1 Å². The van der Waals surface area contributed by atoms with Crippen molar-refractivity contribution in [2.45, 2.75) is 32.4 Å². The van der Waals surface area contributed by atoms with Crippen molar-refractivity contribution in [2.24, 2.45) is 0 Å². The van der Waals surface area contributed by atoms with Crippen LogP contribution in [0.3, 0.4) is 0 Å². The van der Waals surface area contributed by atoms with Gasteiger partial charge in [-0.2, -0.15) is 0 Å². The largest absolute Gasteiger partial charge is 0.482 e. The van der Waals surface area contributed by atoms with Gasteiger partial charge in [0.2, 0.25) is 5.91 Å². The van der Waals surface area contributed by atoms with Crippen molar-refractivity contribution < 1.29 is 23.9 Å². The number of nitrogens with zero attached hydrogens (tertiary/aromatic N) is 1. The number of anilines is 1. The molecule has 2 aromatic rings. The Balaban J connectivity index is 1.75. The first kappa shape index (κ1) is 21.6. The highest BCUT2D eigenvalue weighted by Gasteiger charge is 2.29. The van der Waals surface area contributed by atoms with E-state index in [0.29, 0.717) is 16.5 Å². The Kier molecular flexibility index (Phi) is 6.95. The van der Waals surface area contributed by atoms with Gasteiger partial charge in [0.1, 0.15) is 12.3 Å². The highest BCUT2D eigenvalue weighted by molar-refractivity contribution is 6.31. The molecule has 0 saturated heterocycles. The second kappa shape index (κ2) is 9.63. The average Bonchev–Trinajstić information content (AvgIpc) is 2.70. The van der Waals surface area contributed by atoms with Gasteiger partial charge in [0.05, 0.1) is 24.3 Å². The molecule has 8 heteroatoms. The summed E-state index contributed by atoms with van der Waals surface area (Å²) in [7, 11) is 0. The van der Waals surface area contributed by atoms with E-state index in [2.05, 4.69) is 5.32 Å². The molecule has 0 radical (unpaired) electrons. The summed E-state index contributed by atoms with van der Waals surface area (Å²) in [6.07, 6.45) is -0.273. The van der Waals surface area contributed by atoms with Crippen LogP contribution >= 0.6 is 11.6 Å². The molecule has 1 unspecified atom stereocenters. The van der Waals surface area contributed by atoms with Crippen molar-refractivity contribution in [2.75, 3.05) is 18.1 Å². The molecule has 2 amide bonds. The summed E-state index contributed by atoms with van der Waals surface area (Å²) in [6.45, 7) is 3.14. The summed E-state index contributed by atoms with van der Waals surface area (Å²) in [4.78, 5) is 38.7. The molecule has 0 spiro atoms. The normalized spacial score (nSPS) is 14.0. The minimum atomic E-state index is -0.583. The number of rotatable bonds is 7. The predicted octanol–water partition coefficient (Wildman–Crippen LogP) is 3.26. The molecule has 1 N–H and O–H groups in total. The summed E-state index contributed by atoms with van der Waals surface area (Å²) in [6, 6.07) is 13.4. The first-order valence-electron chi connectivity index (χ1n) is 9.60. The summed E-state index contributed by atoms with van der Waals surface area (Å²) in [5.41, 5.74) is 1.20. The number of amides is 2. The fourth-order valence-electron chi connectivity index (χ4n) is 3.15. The van der Waals surface area contributed by atoms with Crippen LogP contribution < -0.4 is 15.0 Å². The second-order valence-corrected chi connectivity index (χ2v) is 7.59. The van der Waals surface area contributed by atoms with E-state index in [0.717, 1.165) is 5.56 Å². The lowest BCUT2D eigenvalue weighted by Gasteiger charge is -2.29. The van der Waals surface area contributed by atoms with Gasteiger partial charge in [0.15, 0.2) is 6.61 Å². The number of ether oxygens (including phenoxy) is 2. The molecule has 1 heterocycles. The molecule has 1 aliphatic rings. The van der Waals surface area contributed by atoms with Crippen LogP contribution in [-0.4, -0.2) is 37.0 Å². The highest BCUT2D eigenvalue weighted by Crippen LogP contribution is 2.34. The smallest absolute Gasteiger partial charge is 0.308 e. The van der Waals surface area contributed by atoms with Crippen molar-refractivity contribution in [3.05, 3.63) is 59.1 Å². The fraction of sp³-hybridized carbons (Fsp3) is 0.318. The van der Waals surface area contributed by atoms with Crippen LogP contribution in [0, 0.1) is 0 Å². The summed E-state index contributed by atoms with van der Waals surface area (Å²) >= 11 is 6.04. The molecule has 0 fully saturated rings.